The normalized spacial score (nSPS) is 14.9. The summed E-state index contributed by atoms with van der Waals surface area (Å²) in [6.45, 7) is 0. The summed E-state index contributed by atoms with van der Waals surface area (Å²) >= 11 is 1.60. The monoisotopic (exact) mass is 300 g/mol. The number of amides is 1. The van der Waals surface area contributed by atoms with E-state index in [4.69, 9.17) is 5.73 Å². The largest absolute Gasteiger partial charge is 0.390 e. The Morgan fingerprint density at radius 1 is 1.05 bits per heavy atom. The van der Waals surface area contributed by atoms with Gasteiger partial charge >= 0.3 is 0 Å². The molecular formula is C17H20N2OS. The van der Waals surface area contributed by atoms with Crippen molar-refractivity contribution in [2.75, 3.05) is 11.1 Å². The first-order valence-corrected chi connectivity index (χ1v) is 8.34. The van der Waals surface area contributed by atoms with Gasteiger partial charge in [0.2, 0.25) is 0 Å². The van der Waals surface area contributed by atoms with Crippen LogP contribution in [0.2, 0.25) is 0 Å². The zero-order chi connectivity index (χ0) is 14.7. The highest BCUT2D eigenvalue weighted by molar-refractivity contribution is 7.16. The molecule has 1 aromatic heterocycles. The zero-order valence-corrected chi connectivity index (χ0v) is 12.8. The van der Waals surface area contributed by atoms with Crippen molar-refractivity contribution in [2.24, 2.45) is 0 Å². The number of carbonyl (C=O) groups is 1. The SMILES string of the molecule is Nc1sc2c(c1C(=O)Nc1ccccc1)CCCCCC2. The van der Waals surface area contributed by atoms with Crippen molar-refractivity contribution in [1.82, 2.24) is 0 Å². The molecule has 0 bridgehead atoms. The van der Waals surface area contributed by atoms with Crippen LogP contribution in [0.4, 0.5) is 10.7 Å². The molecule has 0 fully saturated rings. The molecule has 0 atom stereocenters. The van der Waals surface area contributed by atoms with E-state index in [1.165, 1.54) is 29.7 Å². The number of anilines is 2. The molecule has 0 unspecified atom stereocenters. The third kappa shape index (κ3) is 3.10. The van der Waals surface area contributed by atoms with Gasteiger partial charge in [0.1, 0.15) is 0 Å². The van der Waals surface area contributed by atoms with Crippen molar-refractivity contribution in [3.63, 3.8) is 0 Å². The summed E-state index contributed by atoms with van der Waals surface area (Å²) in [6, 6.07) is 9.55. The molecule has 110 valence electrons. The van der Waals surface area contributed by atoms with Crippen LogP contribution in [0, 0.1) is 0 Å². The lowest BCUT2D eigenvalue weighted by Crippen LogP contribution is -2.15. The lowest BCUT2D eigenvalue weighted by molar-refractivity contribution is 0.102. The number of nitrogens with two attached hydrogens (primary N) is 1. The van der Waals surface area contributed by atoms with E-state index in [1.807, 2.05) is 30.3 Å². The number of benzene rings is 1. The molecule has 3 rings (SSSR count). The summed E-state index contributed by atoms with van der Waals surface area (Å²) in [6.07, 6.45) is 6.91. The number of carbonyl (C=O) groups excluding carboxylic acids is 1. The van der Waals surface area contributed by atoms with Gasteiger partial charge < -0.3 is 11.1 Å². The third-order valence-corrected chi connectivity index (χ3v) is 5.08. The van der Waals surface area contributed by atoms with Gasteiger partial charge in [-0.05, 0) is 43.4 Å². The standard InChI is InChI=1S/C17H20N2OS/c18-16-15(17(20)19-12-8-4-3-5-9-12)13-10-6-1-2-7-11-14(13)21-16/h3-5,8-9H,1-2,6-7,10-11,18H2,(H,19,20). The van der Waals surface area contributed by atoms with Gasteiger partial charge in [-0.1, -0.05) is 31.0 Å². The third-order valence-electron chi connectivity index (χ3n) is 3.96. The van der Waals surface area contributed by atoms with E-state index in [-0.39, 0.29) is 5.91 Å². The summed E-state index contributed by atoms with van der Waals surface area (Å²) in [7, 11) is 0. The van der Waals surface area contributed by atoms with Gasteiger partial charge in [0, 0.05) is 10.6 Å². The van der Waals surface area contributed by atoms with Crippen LogP contribution in [-0.2, 0) is 12.8 Å². The van der Waals surface area contributed by atoms with Gasteiger partial charge in [0.25, 0.3) is 5.91 Å². The highest BCUT2D eigenvalue weighted by Crippen LogP contribution is 2.35. The molecule has 2 aromatic rings. The van der Waals surface area contributed by atoms with E-state index in [9.17, 15) is 4.79 Å². The molecule has 0 saturated carbocycles. The maximum absolute atomic E-state index is 12.6. The number of rotatable bonds is 2. The minimum absolute atomic E-state index is 0.0724. The Labute approximate surface area is 129 Å². The summed E-state index contributed by atoms with van der Waals surface area (Å²) in [5.41, 5.74) is 8.84. The Balaban J connectivity index is 1.89. The Morgan fingerprint density at radius 2 is 1.76 bits per heavy atom. The number of nitrogens with one attached hydrogen (secondary N) is 1. The number of thiophene rings is 1. The van der Waals surface area contributed by atoms with Gasteiger partial charge in [-0.3, -0.25) is 4.79 Å². The molecule has 4 heteroatoms. The van der Waals surface area contributed by atoms with Gasteiger partial charge in [-0.25, -0.2) is 0 Å². The fraction of sp³-hybridized carbons (Fsp3) is 0.353. The molecule has 1 heterocycles. The van der Waals surface area contributed by atoms with Gasteiger partial charge in [0.15, 0.2) is 0 Å². The number of hydrogen-bond acceptors (Lipinski definition) is 3. The van der Waals surface area contributed by atoms with Crippen LogP contribution in [0.15, 0.2) is 30.3 Å². The zero-order valence-electron chi connectivity index (χ0n) is 12.0. The first-order chi connectivity index (χ1) is 10.3. The van der Waals surface area contributed by atoms with Crippen molar-refractivity contribution in [1.29, 1.82) is 0 Å². The smallest absolute Gasteiger partial charge is 0.258 e. The van der Waals surface area contributed by atoms with E-state index in [2.05, 4.69) is 5.32 Å². The average Bonchev–Trinajstić information content (AvgIpc) is 2.75. The second-order valence-corrected chi connectivity index (χ2v) is 6.61. The minimum Gasteiger partial charge on any atom is -0.390 e. The van der Waals surface area contributed by atoms with E-state index < -0.39 is 0 Å². The van der Waals surface area contributed by atoms with E-state index in [0.717, 1.165) is 24.9 Å². The maximum atomic E-state index is 12.6. The fourth-order valence-corrected chi connectivity index (χ4v) is 4.06. The van der Waals surface area contributed by atoms with Crippen molar-refractivity contribution in [3.05, 3.63) is 46.3 Å². The predicted molar refractivity (Wildman–Crippen MR) is 89.0 cm³/mol. The summed E-state index contributed by atoms with van der Waals surface area (Å²) < 4.78 is 0. The summed E-state index contributed by atoms with van der Waals surface area (Å²) in [4.78, 5) is 13.9. The molecule has 21 heavy (non-hydrogen) atoms. The molecule has 0 radical (unpaired) electrons. The number of hydrogen-bond donors (Lipinski definition) is 2. The lowest BCUT2D eigenvalue weighted by atomic mass is 9.96. The molecule has 0 saturated heterocycles. The molecular weight excluding hydrogens is 280 g/mol. The quantitative estimate of drug-likeness (QED) is 0.871. The lowest BCUT2D eigenvalue weighted by Gasteiger charge is -2.11. The molecule has 3 N–H and O–H groups in total. The number of fused-ring (bicyclic) bond motifs is 1. The van der Waals surface area contributed by atoms with E-state index in [1.54, 1.807) is 11.3 Å². The number of aryl methyl sites for hydroxylation is 1. The second kappa shape index (κ2) is 6.31. The van der Waals surface area contributed by atoms with Crippen molar-refractivity contribution in [3.8, 4) is 0 Å². The minimum atomic E-state index is -0.0724. The van der Waals surface area contributed by atoms with Crippen LogP contribution in [-0.4, -0.2) is 5.91 Å². The molecule has 3 nitrogen and oxygen atoms in total. The summed E-state index contributed by atoms with van der Waals surface area (Å²) in [5, 5.41) is 3.62. The second-order valence-electron chi connectivity index (χ2n) is 5.48. The van der Waals surface area contributed by atoms with E-state index in [0.29, 0.717) is 10.6 Å². The van der Waals surface area contributed by atoms with Gasteiger partial charge in [0.05, 0.1) is 10.6 Å². The molecule has 0 spiro atoms. The van der Waals surface area contributed by atoms with Crippen LogP contribution in [0.1, 0.15) is 46.5 Å². The Kier molecular flexibility index (Phi) is 4.25. The molecule has 0 aliphatic heterocycles. The highest BCUT2D eigenvalue weighted by Gasteiger charge is 2.22. The highest BCUT2D eigenvalue weighted by atomic mass is 32.1. The Bertz CT molecular complexity index is 634. The first-order valence-electron chi connectivity index (χ1n) is 7.52. The topological polar surface area (TPSA) is 55.1 Å². The van der Waals surface area contributed by atoms with Crippen molar-refractivity contribution >= 4 is 27.9 Å². The Hall–Kier alpha value is -1.81. The predicted octanol–water partition coefficient (Wildman–Crippen LogP) is 4.24. The maximum Gasteiger partial charge on any atom is 0.258 e. The van der Waals surface area contributed by atoms with Crippen LogP contribution in [0.25, 0.3) is 0 Å². The van der Waals surface area contributed by atoms with Gasteiger partial charge in [-0.15, -0.1) is 11.3 Å². The first kappa shape index (κ1) is 14.1. The number of para-hydroxylation sites is 1. The number of nitrogen functional groups attached to an aromatic ring is 1. The van der Waals surface area contributed by atoms with E-state index >= 15 is 0 Å². The van der Waals surface area contributed by atoms with Crippen molar-refractivity contribution < 1.29 is 4.79 Å². The average molecular weight is 300 g/mol. The van der Waals surface area contributed by atoms with Gasteiger partial charge in [-0.2, -0.15) is 0 Å². The molecule has 1 aromatic carbocycles. The molecule has 1 amide bonds. The van der Waals surface area contributed by atoms with Crippen LogP contribution < -0.4 is 11.1 Å². The summed E-state index contributed by atoms with van der Waals surface area (Å²) in [5.74, 6) is -0.0724. The van der Waals surface area contributed by atoms with Crippen LogP contribution in [0.3, 0.4) is 0 Å². The molecule has 1 aliphatic rings. The van der Waals surface area contributed by atoms with Crippen LogP contribution in [0.5, 0.6) is 0 Å². The van der Waals surface area contributed by atoms with Crippen LogP contribution >= 0.6 is 11.3 Å². The van der Waals surface area contributed by atoms with Crippen molar-refractivity contribution in [2.45, 2.75) is 38.5 Å². The molecule has 1 aliphatic carbocycles. The Morgan fingerprint density at radius 3 is 2.52 bits per heavy atom. The fourth-order valence-electron chi connectivity index (χ4n) is 2.90.